The Labute approximate surface area is 78.3 Å². The molecule has 0 unspecified atom stereocenters. The molecule has 0 aliphatic carbocycles. The molecule has 1 aromatic heterocycles. The van der Waals surface area contributed by atoms with E-state index in [1.54, 1.807) is 6.07 Å². The molecular formula is C9H15N3O. The Hall–Kier alpha value is -1.45. The van der Waals surface area contributed by atoms with E-state index in [0.29, 0.717) is 18.2 Å². The van der Waals surface area contributed by atoms with Crippen LogP contribution in [0.5, 0.6) is 5.88 Å². The lowest BCUT2D eigenvalue weighted by Crippen LogP contribution is -2.11. The zero-order valence-electron chi connectivity index (χ0n) is 8.24. The smallest absolute Gasteiger partial charge is 0.239 e. The Bertz CT molecular complexity index is 286. The molecule has 0 saturated heterocycles. The van der Waals surface area contributed by atoms with Crippen LogP contribution >= 0.6 is 0 Å². The van der Waals surface area contributed by atoms with Crippen molar-refractivity contribution in [1.82, 2.24) is 4.98 Å². The molecule has 0 amide bonds. The normalized spacial score (nSPS) is 9.77. The highest BCUT2D eigenvalue weighted by Crippen LogP contribution is 2.21. The van der Waals surface area contributed by atoms with Gasteiger partial charge in [0, 0.05) is 14.1 Å². The maximum Gasteiger partial charge on any atom is 0.239 e. The molecule has 1 aromatic rings. The Balaban J connectivity index is 2.97. The molecule has 0 fully saturated rings. The van der Waals surface area contributed by atoms with Crippen LogP contribution < -0.4 is 15.4 Å². The van der Waals surface area contributed by atoms with Gasteiger partial charge >= 0.3 is 0 Å². The van der Waals surface area contributed by atoms with Gasteiger partial charge in [0.15, 0.2) is 0 Å². The molecule has 0 radical (unpaired) electrons. The van der Waals surface area contributed by atoms with E-state index < -0.39 is 0 Å². The first-order chi connectivity index (χ1) is 6.15. The van der Waals surface area contributed by atoms with E-state index in [9.17, 15) is 0 Å². The largest absolute Gasteiger partial charge is 0.476 e. The van der Waals surface area contributed by atoms with Gasteiger partial charge in [-0.1, -0.05) is 0 Å². The summed E-state index contributed by atoms with van der Waals surface area (Å²) in [7, 11) is 3.85. The predicted octanol–water partition coefficient (Wildman–Crippen LogP) is 1.13. The summed E-state index contributed by atoms with van der Waals surface area (Å²) in [6.45, 7) is 2.48. The molecule has 0 aromatic carbocycles. The topological polar surface area (TPSA) is 51.4 Å². The second-order valence-corrected chi connectivity index (χ2v) is 2.89. The molecule has 1 heterocycles. The van der Waals surface area contributed by atoms with Crippen LogP contribution in [0.1, 0.15) is 6.92 Å². The summed E-state index contributed by atoms with van der Waals surface area (Å²) in [5.41, 5.74) is 6.25. The molecule has 72 valence electrons. The number of pyridine rings is 1. The Morgan fingerprint density at radius 3 is 2.69 bits per heavy atom. The highest BCUT2D eigenvalue weighted by Gasteiger charge is 2.04. The van der Waals surface area contributed by atoms with Gasteiger partial charge in [-0.05, 0) is 19.1 Å². The molecule has 0 spiro atoms. The minimum atomic E-state index is 0.508. The van der Waals surface area contributed by atoms with Crippen LogP contribution in [0.3, 0.4) is 0 Å². The third-order valence-electron chi connectivity index (χ3n) is 1.61. The quantitative estimate of drug-likeness (QED) is 0.759. The van der Waals surface area contributed by atoms with Crippen LogP contribution in [-0.4, -0.2) is 25.7 Å². The van der Waals surface area contributed by atoms with E-state index in [4.69, 9.17) is 10.5 Å². The number of hydrogen-bond donors (Lipinski definition) is 1. The monoisotopic (exact) mass is 181 g/mol. The van der Waals surface area contributed by atoms with Crippen molar-refractivity contribution in [3.05, 3.63) is 12.1 Å². The fourth-order valence-corrected chi connectivity index (χ4v) is 0.943. The van der Waals surface area contributed by atoms with Gasteiger partial charge in [0.2, 0.25) is 5.88 Å². The Morgan fingerprint density at radius 1 is 1.46 bits per heavy atom. The highest BCUT2D eigenvalue weighted by molar-refractivity contribution is 5.54. The lowest BCUT2D eigenvalue weighted by atomic mass is 10.4. The molecule has 13 heavy (non-hydrogen) atoms. The number of nitrogens with two attached hydrogens (primary N) is 1. The molecule has 0 saturated carbocycles. The minimum absolute atomic E-state index is 0.508. The molecular weight excluding hydrogens is 166 g/mol. The summed E-state index contributed by atoms with van der Waals surface area (Å²) in [6, 6.07) is 3.66. The molecule has 1 rings (SSSR count). The zero-order chi connectivity index (χ0) is 9.84. The lowest BCUT2D eigenvalue weighted by molar-refractivity contribution is 0.329. The third-order valence-corrected chi connectivity index (χ3v) is 1.61. The van der Waals surface area contributed by atoms with E-state index in [2.05, 4.69) is 4.98 Å². The fourth-order valence-electron chi connectivity index (χ4n) is 0.943. The predicted molar refractivity (Wildman–Crippen MR) is 54.1 cm³/mol. The van der Waals surface area contributed by atoms with Crippen LogP contribution in [0.4, 0.5) is 11.5 Å². The minimum Gasteiger partial charge on any atom is -0.476 e. The van der Waals surface area contributed by atoms with Gasteiger partial charge in [0.05, 0.1) is 12.3 Å². The van der Waals surface area contributed by atoms with Crippen molar-refractivity contribution in [3.63, 3.8) is 0 Å². The summed E-state index contributed by atoms with van der Waals surface area (Å²) in [5, 5.41) is 0. The van der Waals surface area contributed by atoms with Gasteiger partial charge in [-0.15, -0.1) is 0 Å². The van der Waals surface area contributed by atoms with Crippen LogP contribution in [0.25, 0.3) is 0 Å². The molecule has 0 aliphatic rings. The van der Waals surface area contributed by atoms with Gasteiger partial charge in [-0.25, -0.2) is 0 Å². The van der Waals surface area contributed by atoms with Crippen LogP contribution in [0.2, 0.25) is 0 Å². The van der Waals surface area contributed by atoms with Crippen LogP contribution in [0, 0.1) is 0 Å². The average molecular weight is 181 g/mol. The summed E-state index contributed by atoms with van der Waals surface area (Å²) >= 11 is 0. The summed E-state index contributed by atoms with van der Waals surface area (Å²) < 4.78 is 5.26. The number of rotatable bonds is 3. The van der Waals surface area contributed by atoms with Crippen molar-refractivity contribution in [2.75, 3.05) is 31.3 Å². The molecule has 0 bridgehead atoms. The van der Waals surface area contributed by atoms with E-state index >= 15 is 0 Å². The van der Waals surface area contributed by atoms with Gasteiger partial charge in [0.25, 0.3) is 0 Å². The summed E-state index contributed by atoms with van der Waals surface area (Å²) in [6.07, 6.45) is 0. The zero-order valence-corrected chi connectivity index (χ0v) is 8.24. The Morgan fingerprint density at radius 2 is 2.15 bits per heavy atom. The maximum atomic E-state index is 5.67. The number of anilines is 2. The molecule has 4 heteroatoms. The third kappa shape index (κ3) is 2.24. The number of hydrogen-bond acceptors (Lipinski definition) is 4. The van der Waals surface area contributed by atoms with E-state index in [-0.39, 0.29) is 0 Å². The van der Waals surface area contributed by atoms with Crippen molar-refractivity contribution in [1.29, 1.82) is 0 Å². The van der Waals surface area contributed by atoms with Crippen molar-refractivity contribution < 1.29 is 4.74 Å². The molecule has 2 N–H and O–H groups in total. The van der Waals surface area contributed by atoms with Crippen molar-refractivity contribution >= 4 is 11.5 Å². The lowest BCUT2D eigenvalue weighted by Gasteiger charge is -2.13. The van der Waals surface area contributed by atoms with Crippen molar-refractivity contribution in [2.24, 2.45) is 0 Å². The number of ether oxygens (including phenoxy) is 1. The van der Waals surface area contributed by atoms with Crippen molar-refractivity contribution in [3.8, 4) is 5.88 Å². The van der Waals surface area contributed by atoms with E-state index in [1.807, 2.05) is 32.0 Å². The second kappa shape index (κ2) is 3.98. The summed E-state index contributed by atoms with van der Waals surface area (Å²) in [4.78, 5) is 6.14. The Kier molecular flexibility index (Phi) is 2.95. The molecule has 0 aliphatic heterocycles. The van der Waals surface area contributed by atoms with E-state index in [1.165, 1.54) is 0 Å². The number of nitrogens with zero attached hydrogens (tertiary/aromatic N) is 2. The molecule has 4 nitrogen and oxygen atoms in total. The van der Waals surface area contributed by atoms with Gasteiger partial charge < -0.3 is 15.4 Å². The standard InChI is InChI=1S/C9H15N3O/c1-4-13-9-7(10)5-6-8(11-9)12(2)3/h5-6H,4,10H2,1-3H3. The van der Waals surface area contributed by atoms with Crippen molar-refractivity contribution in [2.45, 2.75) is 6.92 Å². The maximum absolute atomic E-state index is 5.67. The first-order valence-electron chi connectivity index (χ1n) is 4.21. The first-order valence-corrected chi connectivity index (χ1v) is 4.21. The highest BCUT2D eigenvalue weighted by atomic mass is 16.5. The molecule has 0 atom stereocenters. The van der Waals surface area contributed by atoms with Gasteiger partial charge in [-0.3, -0.25) is 0 Å². The average Bonchev–Trinajstić information content (AvgIpc) is 2.08. The SMILES string of the molecule is CCOc1nc(N(C)C)ccc1N. The summed E-state index contributed by atoms with van der Waals surface area (Å²) in [5.74, 6) is 1.35. The number of aromatic nitrogens is 1. The van der Waals surface area contributed by atoms with Gasteiger partial charge in [-0.2, -0.15) is 4.98 Å². The van der Waals surface area contributed by atoms with Crippen LogP contribution in [0.15, 0.2) is 12.1 Å². The first kappa shape index (κ1) is 9.64. The number of nitrogen functional groups attached to an aromatic ring is 1. The van der Waals surface area contributed by atoms with Gasteiger partial charge in [0.1, 0.15) is 5.82 Å². The fraction of sp³-hybridized carbons (Fsp3) is 0.444. The second-order valence-electron chi connectivity index (χ2n) is 2.89. The van der Waals surface area contributed by atoms with Crippen LogP contribution in [-0.2, 0) is 0 Å². The van der Waals surface area contributed by atoms with E-state index in [0.717, 1.165) is 5.82 Å².